The fourth-order valence-corrected chi connectivity index (χ4v) is 6.76. The van der Waals surface area contributed by atoms with Crippen molar-refractivity contribution < 1.29 is 32.2 Å². The molecule has 0 saturated carbocycles. The van der Waals surface area contributed by atoms with Crippen LogP contribution in [0.1, 0.15) is 29.9 Å². The number of rotatable bonds is 9. The average Bonchev–Trinajstić information content (AvgIpc) is 3.38. The maximum atomic E-state index is 13.3. The minimum atomic E-state index is -3.94. The van der Waals surface area contributed by atoms with Crippen LogP contribution >= 0.6 is 0 Å². The quantitative estimate of drug-likeness (QED) is 0.249. The summed E-state index contributed by atoms with van der Waals surface area (Å²) in [5.74, 6) is -0.337. The zero-order valence-electron chi connectivity index (χ0n) is 23.2. The standard InChI is InChI=1S/C33H31FN2O6S/c34-24-10-13-27(14-11-24)43(39,40)36-25-12-15-30-28(16-25)29-17-26(41-31(20-37)33(29)42-30)18-32(38)35-19-21-6-8-23(9-7-21)22-4-2-1-3-5-22/h1-16,26,29,31,33,36-37H,17-20H2,(H,35,38)/t26-,29-,31+,33+/m0/s1. The van der Waals surface area contributed by atoms with Gasteiger partial charge in [-0.2, -0.15) is 0 Å². The van der Waals surface area contributed by atoms with Crippen LogP contribution in [-0.4, -0.2) is 44.4 Å². The van der Waals surface area contributed by atoms with E-state index in [-0.39, 0.29) is 29.7 Å². The largest absolute Gasteiger partial charge is 0.487 e. The van der Waals surface area contributed by atoms with Crippen LogP contribution < -0.4 is 14.8 Å². The van der Waals surface area contributed by atoms with Crippen LogP contribution in [0.5, 0.6) is 5.75 Å². The normalized spacial score (nSPS) is 20.9. The highest BCUT2D eigenvalue weighted by Gasteiger charge is 2.46. The molecular formula is C33H31FN2O6S. The lowest BCUT2D eigenvalue weighted by molar-refractivity contribution is -0.142. The number of carbonyl (C=O) groups excluding carboxylic acids is 1. The fourth-order valence-electron chi connectivity index (χ4n) is 5.71. The van der Waals surface area contributed by atoms with Crippen molar-refractivity contribution in [2.45, 2.75) is 48.5 Å². The van der Waals surface area contributed by atoms with Gasteiger partial charge in [0.25, 0.3) is 10.0 Å². The van der Waals surface area contributed by atoms with E-state index in [9.17, 15) is 22.7 Å². The van der Waals surface area contributed by atoms with Gasteiger partial charge in [-0.3, -0.25) is 9.52 Å². The molecule has 0 radical (unpaired) electrons. The molecule has 0 spiro atoms. The summed E-state index contributed by atoms with van der Waals surface area (Å²) in [4.78, 5) is 12.8. The van der Waals surface area contributed by atoms with E-state index in [1.54, 1.807) is 18.2 Å². The van der Waals surface area contributed by atoms with E-state index in [2.05, 4.69) is 10.0 Å². The smallest absolute Gasteiger partial charge is 0.261 e. The van der Waals surface area contributed by atoms with Gasteiger partial charge in [-0.05, 0) is 65.6 Å². The molecule has 0 aliphatic carbocycles. The van der Waals surface area contributed by atoms with Crippen molar-refractivity contribution in [3.05, 3.63) is 114 Å². The molecule has 1 amide bonds. The molecule has 4 aromatic rings. The summed E-state index contributed by atoms with van der Waals surface area (Å²) in [5.41, 5.74) is 4.29. The van der Waals surface area contributed by atoms with Gasteiger partial charge < -0.3 is 19.9 Å². The number of carbonyl (C=O) groups is 1. The second-order valence-corrected chi connectivity index (χ2v) is 12.4. The third-order valence-electron chi connectivity index (χ3n) is 7.84. The number of ether oxygens (including phenoxy) is 2. The summed E-state index contributed by atoms with van der Waals surface area (Å²) < 4.78 is 53.7. The molecule has 0 unspecified atom stereocenters. The lowest BCUT2D eigenvalue weighted by Gasteiger charge is -2.37. The van der Waals surface area contributed by atoms with E-state index in [4.69, 9.17) is 9.47 Å². The van der Waals surface area contributed by atoms with Crippen LogP contribution in [0.25, 0.3) is 11.1 Å². The van der Waals surface area contributed by atoms with Gasteiger partial charge in [0.1, 0.15) is 23.8 Å². The molecule has 3 N–H and O–H groups in total. The van der Waals surface area contributed by atoms with Gasteiger partial charge in [0.05, 0.1) is 24.0 Å². The summed E-state index contributed by atoms with van der Waals surface area (Å²) in [5, 5.41) is 13.0. The van der Waals surface area contributed by atoms with E-state index in [0.717, 1.165) is 34.4 Å². The van der Waals surface area contributed by atoms with Gasteiger partial charge in [-0.15, -0.1) is 0 Å². The zero-order chi connectivity index (χ0) is 30.0. The van der Waals surface area contributed by atoms with Gasteiger partial charge in [-0.1, -0.05) is 54.6 Å². The number of hydrogen-bond acceptors (Lipinski definition) is 6. The topological polar surface area (TPSA) is 114 Å². The van der Waals surface area contributed by atoms with Crippen LogP contribution in [0.15, 0.2) is 102 Å². The molecule has 2 aliphatic rings. The molecule has 8 nitrogen and oxygen atoms in total. The van der Waals surface area contributed by atoms with Crippen LogP contribution in [0.2, 0.25) is 0 Å². The van der Waals surface area contributed by atoms with Gasteiger partial charge in [0, 0.05) is 23.7 Å². The van der Waals surface area contributed by atoms with E-state index in [0.29, 0.717) is 24.4 Å². The first-order valence-corrected chi connectivity index (χ1v) is 15.5. The second kappa shape index (κ2) is 12.2. The lowest BCUT2D eigenvalue weighted by Crippen LogP contribution is -2.47. The number of anilines is 1. The average molecular weight is 603 g/mol. The number of aliphatic hydroxyl groups is 1. The molecule has 6 rings (SSSR count). The van der Waals surface area contributed by atoms with E-state index < -0.39 is 34.2 Å². The Morgan fingerprint density at radius 1 is 0.930 bits per heavy atom. The summed E-state index contributed by atoms with van der Waals surface area (Å²) >= 11 is 0. The van der Waals surface area contributed by atoms with Crippen molar-refractivity contribution in [3.63, 3.8) is 0 Å². The number of fused-ring (bicyclic) bond motifs is 3. The number of aliphatic hydroxyl groups excluding tert-OH is 1. The van der Waals surface area contributed by atoms with Crippen LogP contribution in [-0.2, 0) is 26.1 Å². The molecule has 0 aromatic heterocycles. The summed E-state index contributed by atoms with van der Waals surface area (Å²) in [6.07, 6.45) is -1.01. The molecule has 2 heterocycles. The Morgan fingerprint density at radius 3 is 2.37 bits per heavy atom. The predicted molar refractivity (Wildman–Crippen MR) is 160 cm³/mol. The van der Waals surface area contributed by atoms with E-state index >= 15 is 0 Å². The third kappa shape index (κ3) is 6.41. The fraction of sp³-hybridized carbons (Fsp3) is 0.242. The van der Waals surface area contributed by atoms with Crippen molar-refractivity contribution in [1.82, 2.24) is 5.32 Å². The zero-order valence-corrected chi connectivity index (χ0v) is 24.0. The van der Waals surface area contributed by atoms with Crippen LogP contribution in [0.4, 0.5) is 10.1 Å². The minimum absolute atomic E-state index is 0.0619. The Hall–Kier alpha value is -4.25. The Kier molecular flexibility index (Phi) is 8.16. The summed E-state index contributed by atoms with van der Waals surface area (Å²) in [6.45, 7) is 0.0880. The molecule has 0 bridgehead atoms. The van der Waals surface area contributed by atoms with E-state index in [1.807, 2.05) is 54.6 Å². The van der Waals surface area contributed by atoms with Gasteiger partial charge in [-0.25, -0.2) is 12.8 Å². The first-order chi connectivity index (χ1) is 20.8. The number of benzene rings is 4. The number of nitrogens with one attached hydrogen (secondary N) is 2. The van der Waals surface area contributed by atoms with Crippen LogP contribution in [0.3, 0.4) is 0 Å². The Balaban J connectivity index is 1.10. The van der Waals surface area contributed by atoms with Crippen molar-refractivity contribution in [1.29, 1.82) is 0 Å². The van der Waals surface area contributed by atoms with Crippen molar-refractivity contribution >= 4 is 21.6 Å². The van der Waals surface area contributed by atoms with Crippen molar-refractivity contribution in [2.75, 3.05) is 11.3 Å². The molecular weight excluding hydrogens is 571 g/mol. The molecule has 222 valence electrons. The number of sulfonamides is 1. The molecule has 43 heavy (non-hydrogen) atoms. The molecule has 1 fully saturated rings. The van der Waals surface area contributed by atoms with E-state index in [1.165, 1.54) is 12.1 Å². The SMILES string of the molecule is O=C(C[C@@H]1C[C@H]2c3cc(NS(=O)(=O)c4ccc(F)cc4)ccc3O[C@H]2[C@@H](CO)O1)NCc1ccc(-c2ccccc2)cc1. The molecule has 4 aromatic carbocycles. The first kappa shape index (κ1) is 28.9. The first-order valence-electron chi connectivity index (χ1n) is 14.1. The number of halogens is 1. The van der Waals surface area contributed by atoms with Gasteiger partial charge >= 0.3 is 0 Å². The monoisotopic (exact) mass is 602 g/mol. The summed E-state index contributed by atoms with van der Waals surface area (Å²) in [7, 11) is -3.94. The van der Waals surface area contributed by atoms with Crippen molar-refractivity contribution in [2.24, 2.45) is 0 Å². The lowest BCUT2D eigenvalue weighted by atomic mass is 9.84. The second-order valence-electron chi connectivity index (χ2n) is 10.8. The van der Waals surface area contributed by atoms with Gasteiger partial charge in [0.2, 0.25) is 5.91 Å². The third-order valence-corrected chi connectivity index (χ3v) is 9.24. The number of hydrogen-bond donors (Lipinski definition) is 3. The van der Waals surface area contributed by atoms with Gasteiger partial charge in [0.15, 0.2) is 0 Å². The highest BCUT2D eigenvalue weighted by Crippen LogP contribution is 2.47. The predicted octanol–water partition coefficient (Wildman–Crippen LogP) is 4.99. The highest BCUT2D eigenvalue weighted by molar-refractivity contribution is 7.92. The number of amides is 1. The molecule has 2 aliphatic heterocycles. The minimum Gasteiger partial charge on any atom is -0.487 e. The highest BCUT2D eigenvalue weighted by atomic mass is 32.2. The Labute approximate surface area is 249 Å². The molecule has 1 saturated heterocycles. The molecule has 10 heteroatoms. The maximum Gasteiger partial charge on any atom is 0.261 e. The summed E-state index contributed by atoms with van der Waals surface area (Å²) in [6, 6.07) is 27.6. The maximum absolute atomic E-state index is 13.3. The van der Waals surface area contributed by atoms with Crippen molar-refractivity contribution in [3.8, 4) is 16.9 Å². The van der Waals surface area contributed by atoms with Crippen LogP contribution in [0, 0.1) is 5.82 Å². The molecule has 4 atom stereocenters. The Morgan fingerprint density at radius 2 is 1.65 bits per heavy atom. The Bertz CT molecular complexity index is 1700.